The number of aromatic carboxylic acids is 1. The lowest BCUT2D eigenvalue weighted by Gasteiger charge is -2.13. The van der Waals surface area contributed by atoms with Gasteiger partial charge in [0.1, 0.15) is 0 Å². The predicted octanol–water partition coefficient (Wildman–Crippen LogP) is 5.06. The molecule has 3 rings (SSSR count). The van der Waals surface area contributed by atoms with Crippen molar-refractivity contribution in [3.8, 4) is 0 Å². The largest absolute Gasteiger partial charge is 0.478 e. The van der Waals surface area contributed by atoms with Crippen LogP contribution in [0.25, 0.3) is 0 Å². The quantitative estimate of drug-likeness (QED) is 0.452. The van der Waals surface area contributed by atoms with Crippen LogP contribution >= 0.6 is 11.8 Å². The Labute approximate surface area is 184 Å². The molecular weight excluding hydrogens is 412 g/mol. The third kappa shape index (κ3) is 6.20. The highest BCUT2D eigenvalue weighted by Crippen LogP contribution is 2.27. The summed E-state index contributed by atoms with van der Waals surface area (Å²) in [5.74, 6) is -1.50. The lowest BCUT2D eigenvalue weighted by molar-refractivity contribution is -0.115. The summed E-state index contributed by atoms with van der Waals surface area (Å²) in [4.78, 5) is 36.8. The van der Waals surface area contributed by atoms with E-state index in [1.807, 2.05) is 37.3 Å². The average molecular weight is 435 g/mol. The molecule has 0 saturated heterocycles. The highest BCUT2D eigenvalue weighted by atomic mass is 32.2. The number of rotatable bonds is 7. The van der Waals surface area contributed by atoms with Crippen molar-refractivity contribution in [1.82, 2.24) is 0 Å². The summed E-state index contributed by atoms with van der Waals surface area (Å²) in [6, 6.07) is 20.7. The minimum Gasteiger partial charge on any atom is -0.478 e. The van der Waals surface area contributed by atoms with Crippen LogP contribution in [0.15, 0.2) is 77.7 Å². The van der Waals surface area contributed by atoms with E-state index in [4.69, 9.17) is 5.11 Å². The molecule has 3 aromatic rings. The lowest BCUT2D eigenvalue weighted by Crippen LogP contribution is -2.22. The van der Waals surface area contributed by atoms with Crippen molar-refractivity contribution in [2.45, 2.75) is 24.0 Å². The minimum atomic E-state index is -1.05. The fraction of sp³-hybridized carbons (Fsp3) is 0.125. The van der Waals surface area contributed by atoms with E-state index in [2.05, 4.69) is 10.6 Å². The molecule has 0 aliphatic rings. The molecule has 0 radical (unpaired) electrons. The van der Waals surface area contributed by atoms with Gasteiger partial charge in [-0.25, -0.2) is 4.79 Å². The Morgan fingerprint density at radius 3 is 2.16 bits per heavy atom. The maximum absolute atomic E-state index is 12.5. The van der Waals surface area contributed by atoms with Gasteiger partial charge in [0.15, 0.2) is 0 Å². The Morgan fingerprint density at radius 2 is 1.48 bits per heavy atom. The van der Waals surface area contributed by atoms with Crippen LogP contribution in [0.5, 0.6) is 0 Å². The highest BCUT2D eigenvalue weighted by Gasteiger charge is 2.16. The number of hydrogen-bond acceptors (Lipinski definition) is 4. The van der Waals surface area contributed by atoms with Gasteiger partial charge in [-0.15, -0.1) is 11.8 Å². The monoisotopic (exact) mass is 434 g/mol. The van der Waals surface area contributed by atoms with Gasteiger partial charge in [0, 0.05) is 21.8 Å². The van der Waals surface area contributed by atoms with Crippen LogP contribution in [0.1, 0.15) is 33.2 Å². The van der Waals surface area contributed by atoms with Crippen LogP contribution in [0, 0.1) is 6.92 Å². The third-order valence-corrected chi connectivity index (χ3v) is 5.56. The number of carbonyl (C=O) groups excluding carboxylic acids is 2. The Morgan fingerprint density at radius 1 is 0.839 bits per heavy atom. The molecule has 3 N–H and O–H groups in total. The van der Waals surface area contributed by atoms with Gasteiger partial charge in [-0.1, -0.05) is 29.8 Å². The van der Waals surface area contributed by atoms with Crippen LogP contribution in [0.3, 0.4) is 0 Å². The van der Waals surface area contributed by atoms with E-state index in [1.165, 1.54) is 23.9 Å². The van der Waals surface area contributed by atoms with Crippen molar-refractivity contribution in [2.75, 3.05) is 10.6 Å². The number of nitrogens with one attached hydrogen (secondary N) is 2. The van der Waals surface area contributed by atoms with E-state index >= 15 is 0 Å². The van der Waals surface area contributed by atoms with Crippen LogP contribution < -0.4 is 10.6 Å². The van der Waals surface area contributed by atoms with E-state index in [1.54, 1.807) is 37.3 Å². The number of benzene rings is 3. The zero-order chi connectivity index (χ0) is 22.4. The molecule has 1 atom stereocenters. The number of hydrogen-bond donors (Lipinski definition) is 3. The molecule has 0 aliphatic heterocycles. The molecule has 0 spiro atoms. The number of thioether (sulfide) groups is 1. The van der Waals surface area contributed by atoms with Crippen LogP contribution in [0.2, 0.25) is 0 Å². The first-order chi connectivity index (χ1) is 14.8. The van der Waals surface area contributed by atoms with Gasteiger partial charge in [-0.3, -0.25) is 9.59 Å². The first kappa shape index (κ1) is 22.1. The number of anilines is 2. The Balaban J connectivity index is 1.62. The van der Waals surface area contributed by atoms with Crippen LogP contribution in [0.4, 0.5) is 11.4 Å². The molecule has 7 heteroatoms. The van der Waals surface area contributed by atoms with Gasteiger partial charge >= 0.3 is 5.97 Å². The van der Waals surface area contributed by atoms with Crippen molar-refractivity contribution >= 4 is 40.9 Å². The molecule has 6 nitrogen and oxygen atoms in total. The maximum Gasteiger partial charge on any atom is 0.335 e. The minimum absolute atomic E-state index is 0.107. The number of carboxylic acid groups (broad SMARTS) is 1. The molecule has 0 fully saturated rings. The Kier molecular flexibility index (Phi) is 7.10. The number of aryl methyl sites for hydroxylation is 1. The van der Waals surface area contributed by atoms with Gasteiger partial charge in [-0.2, -0.15) is 0 Å². The maximum atomic E-state index is 12.5. The first-order valence-electron chi connectivity index (χ1n) is 9.61. The zero-order valence-corrected chi connectivity index (χ0v) is 17.9. The third-order valence-electron chi connectivity index (χ3n) is 4.46. The van der Waals surface area contributed by atoms with Crippen molar-refractivity contribution in [2.24, 2.45) is 0 Å². The second-order valence-electron chi connectivity index (χ2n) is 6.98. The van der Waals surface area contributed by atoms with Crippen LogP contribution in [-0.2, 0) is 4.79 Å². The second-order valence-corrected chi connectivity index (χ2v) is 8.40. The summed E-state index contributed by atoms with van der Waals surface area (Å²) in [6.45, 7) is 3.72. The van der Waals surface area contributed by atoms with E-state index in [0.717, 1.165) is 10.5 Å². The van der Waals surface area contributed by atoms with Crippen molar-refractivity contribution in [3.05, 3.63) is 89.5 Å². The SMILES string of the molecule is Cc1ccc(C(=O)Nc2cccc(SC(C)C(=O)Nc3cccc(C(=O)O)c3)c2)cc1. The lowest BCUT2D eigenvalue weighted by atomic mass is 10.1. The van der Waals surface area contributed by atoms with Crippen LogP contribution in [-0.4, -0.2) is 28.1 Å². The first-order valence-corrected chi connectivity index (χ1v) is 10.5. The highest BCUT2D eigenvalue weighted by molar-refractivity contribution is 8.00. The fourth-order valence-electron chi connectivity index (χ4n) is 2.79. The predicted molar refractivity (Wildman–Crippen MR) is 123 cm³/mol. The molecule has 158 valence electrons. The summed E-state index contributed by atoms with van der Waals surface area (Å²) in [5, 5.41) is 14.2. The summed E-state index contributed by atoms with van der Waals surface area (Å²) in [5.41, 5.74) is 2.82. The number of carbonyl (C=O) groups is 3. The number of carboxylic acids is 1. The van der Waals surface area contributed by atoms with Gasteiger partial charge in [0.2, 0.25) is 5.91 Å². The Hall–Kier alpha value is -3.58. The number of amides is 2. The van der Waals surface area contributed by atoms with E-state index in [9.17, 15) is 14.4 Å². The molecule has 0 saturated carbocycles. The molecule has 0 aromatic heterocycles. The van der Waals surface area contributed by atoms with E-state index in [-0.39, 0.29) is 17.4 Å². The van der Waals surface area contributed by atoms with Crippen molar-refractivity contribution in [3.63, 3.8) is 0 Å². The summed E-state index contributed by atoms with van der Waals surface area (Å²) >= 11 is 1.34. The summed E-state index contributed by atoms with van der Waals surface area (Å²) < 4.78 is 0. The topological polar surface area (TPSA) is 95.5 Å². The fourth-order valence-corrected chi connectivity index (χ4v) is 3.71. The normalized spacial score (nSPS) is 11.4. The van der Waals surface area contributed by atoms with Gasteiger partial charge < -0.3 is 15.7 Å². The van der Waals surface area contributed by atoms with Gasteiger partial charge in [0.05, 0.1) is 10.8 Å². The zero-order valence-electron chi connectivity index (χ0n) is 17.1. The van der Waals surface area contributed by atoms with E-state index in [0.29, 0.717) is 16.9 Å². The van der Waals surface area contributed by atoms with Crippen molar-refractivity contribution < 1.29 is 19.5 Å². The molecule has 3 aromatic carbocycles. The molecule has 31 heavy (non-hydrogen) atoms. The van der Waals surface area contributed by atoms with Gasteiger partial charge in [-0.05, 0) is 62.4 Å². The van der Waals surface area contributed by atoms with E-state index < -0.39 is 11.2 Å². The second kappa shape index (κ2) is 9.95. The smallest absolute Gasteiger partial charge is 0.335 e. The molecule has 0 aliphatic carbocycles. The molecule has 0 bridgehead atoms. The molecular formula is C24H22N2O4S. The van der Waals surface area contributed by atoms with Crippen molar-refractivity contribution in [1.29, 1.82) is 0 Å². The molecule has 1 unspecified atom stereocenters. The standard InChI is InChI=1S/C24H22N2O4S/c1-15-9-11-17(12-10-15)23(28)26-20-7-4-8-21(14-20)31-16(2)22(27)25-19-6-3-5-18(13-19)24(29)30/h3-14,16H,1-2H3,(H,25,27)(H,26,28)(H,29,30). The summed E-state index contributed by atoms with van der Waals surface area (Å²) in [7, 11) is 0. The molecule has 2 amide bonds. The molecule has 0 heterocycles. The Bertz CT molecular complexity index is 1110. The van der Waals surface area contributed by atoms with Gasteiger partial charge in [0.25, 0.3) is 5.91 Å². The summed E-state index contributed by atoms with van der Waals surface area (Å²) in [6.07, 6.45) is 0. The average Bonchev–Trinajstić information content (AvgIpc) is 2.74.